The first-order chi connectivity index (χ1) is 13.8. The summed E-state index contributed by atoms with van der Waals surface area (Å²) in [6.07, 6.45) is 0.831. The van der Waals surface area contributed by atoms with Crippen LogP contribution in [0.25, 0.3) is 0 Å². The number of halogens is 1. The van der Waals surface area contributed by atoms with E-state index in [2.05, 4.69) is 4.72 Å². The molecule has 2 aromatic carbocycles. The fourth-order valence-corrected chi connectivity index (χ4v) is 4.48. The van der Waals surface area contributed by atoms with E-state index in [9.17, 15) is 17.6 Å². The molecule has 0 radical (unpaired) electrons. The second-order valence-electron chi connectivity index (χ2n) is 6.67. The predicted octanol–water partition coefficient (Wildman–Crippen LogP) is 2.29. The van der Waals surface area contributed by atoms with Gasteiger partial charge in [-0.15, -0.1) is 0 Å². The summed E-state index contributed by atoms with van der Waals surface area (Å²) in [4.78, 5) is 14.2. The molecule has 3 rings (SSSR count). The molecule has 1 heterocycles. The Morgan fingerprint density at radius 3 is 2.41 bits per heavy atom. The number of ether oxygens (including phenoxy) is 1. The third-order valence-electron chi connectivity index (χ3n) is 4.80. The molecule has 0 spiro atoms. The Balaban J connectivity index is 1.61. The van der Waals surface area contributed by atoms with Gasteiger partial charge in [-0.05, 0) is 55.3 Å². The Morgan fingerprint density at radius 2 is 1.86 bits per heavy atom. The molecule has 0 aliphatic carbocycles. The van der Waals surface area contributed by atoms with Gasteiger partial charge in [0.25, 0.3) is 5.91 Å². The van der Waals surface area contributed by atoms with Crippen LogP contribution in [0.4, 0.5) is 4.39 Å². The van der Waals surface area contributed by atoms with Crippen LogP contribution in [0.1, 0.15) is 28.8 Å². The lowest BCUT2D eigenvalue weighted by Gasteiger charge is -2.32. The Bertz CT molecular complexity index is 1040. The molecule has 0 bridgehead atoms. The van der Waals surface area contributed by atoms with Gasteiger partial charge >= 0.3 is 0 Å². The molecule has 152 valence electrons. The van der Waals surface area contributed by atoms with E-state index in [4.69, 9.17) is 10.00 Å². The van der Waals surface area contributed by atoms with Crippen molar-refractivity contribution in [3.63, 3.8) is 0 Å². The van der Waals surface area contributed by atoms with Crippen LogP contribution in [0.5, 0.6) is 5.75 Å². The summed E-state index contributed by atoms with van der Waals surface area (Å²) in [5.74, 6) is -0.648. The van der Waals surface area contributed by atoms with Gasteiger partial charge in [0.1, 0.15) is 11.6 Å². The minimum absolute atomic E-state index is 0.0961. The summed E-state index contributed by atoms with van der Waals surface area (Å²) in [6.45, 7) is 0.599. The number of hydrogen-bond acceptors (Lipinski definition) is 5. The first-order valence-corrected chi connectivity index (χ1v) is 10.5. The van der Waals surface area contributed by atoms with Crippen molar-refractivity contribution in [2.75, 3.05) is 20.2 Å². The molecule has 1 N–H and O–H groups in total. The second kappa shape index (κ2) is 8.59. The standard InChI is InChI=1S/C20H20FN3O4S/c1-28-16-3-5-17(6-4-16)29(26,27)23-15-8-10-24(11-9-15)20(25)18-7-2-14(13-22)12-19(18)21/h2-7,12,15,23H,8-11H2,1H3. The number of amides is 1. The maximum Gasteiger partial charge on any atom is 0.256 e. The minimum atomic E-state index is -3.69. The zero-order valence-electron chi connectivity index (χ0n) is 15.8. The molecule has 9 heteroatoms. The summed E-state index contributed by atoms with van der Waals surface area (Å²) >= 11 is 0. The highest BCUT2D eigenvalue weighted by Gasteiger charge is 2.28. The normalized spacial score (nSPS) is 15.0. The molecule has 0 saturated carbocycles. The van der Waals surface area contributed by atoms with Gasteiger partial charge in [0.15, 0.2) is 0 Å². The number of carbonyl (C=O) groups is 1. The zero-order valence-corrected chi connectivity index (χ0v) is 16.6. The van der Waals surface area contributed by atoms with Crippen LogP contribution in [-0.2, 0) is 10.0 Å². The molecule has 1 aliphatic heterocycles. The first-order valence-electron chi connectivity index (χ1n) is 8.99. The van der Waals surface area contributed by atoms with E-state index in [1.165, 1.54) is 36.3 Å². The van der Waals surface area contributed by atoms with Crippen LogP contribution in [-0.4, -0.2) is 45.5 Å². The van der Waals surface area contributed by atoms with Crippen molar-refractivity contribution in [3.8, 4) is 11.8 Å². The topological polar surface area (TPSA) is 99.5 Å². The molecule has 1 fully saturated rings. The Kier molecular flexibility index (Phi) is 6.15. The number of hydrogen-bond donors (Lipinski definition) is 1. The molecule has 2 aromatic rings. The van der Waals surface area contributed by atoms with Crippen molar-refractivity contribution in [1.82, 2.24) is 9.62 Å². The monoisotopic (exact) mass is 417 g/mol. The summed E-state index contributed by atoms with van der Waals surface area (Å²) in [5.41, 5.74) is 0.0481. The average Bonchev–Trinajstić information content (AvgIpc) is 2.73. The summed E-state index contributed by atoms with van der Waals surface area (Å²) in [7, 11) is -2.19. The van der Waals surface area contributed by atoms with Crippen molar-refractivity contribution in [2.24, 2.45) is 0 Å². The zero-order chi connectivity index (χ0) is 21.0. The molecule has 29 heavy (non-hydrogen) atoms. The van der Waals surface area contributed by atoms with E-state index in [-0.39, 0.29) is 22.1 Å². The fraction of sp³-hybridized carbons (Fsp3) is 0.300. The summed E-state index contributed by atoms with van der Waals surface area (Å²) in [6, 6.07) is 11.3. The van der Waals surface area contributed by atoms with Crippen molar-refractivity contribution in [3.05, 3.63) is 59.4 Å². The molecule has 1 aliphatic rings. The maximum atomic E-state index is 14.1. The molecule has 7 nitrogen and oxygen atoms in total. The third kappa shape index (κ3) is 4.72. The van der Waals surface area contributed by atoms with Gasteiger partial charge in [-0.2, -0.15) is 5.26 Å². The number of sulfonamides is 1. The molecule has 1 amide bonds. The Morgan fingerprint density at radius 1 is 1.21 bits per heavy atom. The van der Waals surface area contributed by atoms with Gasteiger partial charge in [-0.1, -0.05) is 0 Å². The molecular formula is C20H20FN3O4S. The second-order valence-corrected chi connectivity index (χ2v) is 8.38. The van der Waals surface area contributed by atoms with Gasteiger partial charge in [0.05, 0.1) is 29.2 Å². The number of methoxy groups -OCH3 is 1. The number of piperidine rings is 1. The van der Waals surface area contributed by atoms with Crippen LogP contribution in [0.3, 0.4) is 0 Å². The van der Waals surface area contributed by atoms with E-state index < -0.39 is 21.7 Å². The van der Waals surface area contributed by atoms with Crippen molar-refractivity contribution in [2.45, 2.75) is 23.8 Å². The molecule has 0 aromatic heterocycles. The number of nitrogens with zero attached hydrogens (tertiary/aromatic N) is 2. The number of nitriles is 1. The highest BCUT2D eigenvalue weighted by atomic mass is 32.2. The average molecular weight is 417 g/mol. The lowest BCUT2D eigenvalue weighted by Crippen LogP contribution is -2.46. The van der Waals surface area contributed by atoms with Crippen molar-refractivity contribution >= 4 is 15.9 Å². The van der Waals surface area contributed by atoms with Crippen LogP contribution in [0.15, 0.2) is 47.4 Å². The van der Waals surface area contributed by atoms with E-state index >= 15 is 0 Å². The largest absolute Gasteiger partial charge is 0.497 e. The van der Waals surface area contributed by atoms with Crippen LogP contribution >= 0.6 is 0 Å². The van der Waals surface area contributed by atoms with Crippen LogP contribution in [0, 0.1) is 17.1 Å². The number of benzene rings is 2. The highest BCUT2D eigenvalue weighted by Crippen LogP contribution is 2.20. The SMILES string of the molecule is COc1ccc(S(=O)(=O)NC2CCN(C(=O)c3ccc(C#N)cc3F)CC2)cc1. The molecule has 0 unspecified atom stereocenters. The Hall–Kier alpha value is -2.96. The predicted molar refractivity (Wildman–Crippen MR) is 103 cm³/mol. The lowest BCUT2D eigenvalue weighted by molar-refractivity contribution is 0.0706. The van der Waals surface area contributed by atoms with Gasteiger partial charge < -0.3 is 9.64 Å². The Labute approximate surface area is 168 Å². The molecule has 0 atom stereocenters. The minimum Gasteiger partial charge on any atom is -0.497 e. The number of carbonyl (C=O) groups excluding carboxylic acids is 1. The fourth-order valence-electron chi connectivity index (χ4n) is 3.17. The van der Waals surface area contributed by atoms with Gasteiger partial charge in [-0.3, -0.25) is 4.79 Å². The van der Waals surface area contributed by atoms with E-state index in [0.717, 1.165) is 6.07 Å². The molecular weight excluding hydrogens is 397 g/mol. The van der Waals surface area contributed by atoms with Gasteiger partial charge in [-0.25, -0.2) is 17.5 Å². The lowest BCUT2D eigenvalue weighted by atomic mass is 10.0. The summed E-state index contributed by atoms with van der Waals surface area (Å²) < 4.78 is 46.8. The maximum absolute atomic E-state index is 14.1. The van der Waals surface area contributed by atoms with Crippen LogP contribution < -0.4 is 9.46 Å². The van der Waals surface area contributed by atoms with Gasteiger partial charge in [0, 0.05) is 19.1 Å². The smallest absolute Gasteiger partial charge is 0.256 e. The number of nitrogens with one attached hydrogen (secondary N) is 1. The van der Waals surface area contributed by atoms with E-state index in [0.29, 0.717) is 31.7 Å². The van der Waals surface area contributed by atoms with E-state index in [1.54, 1.807) is 12.1 Å². The third-order valence-corrected chi connectivity index (χ3v) is 6.34. The van der Waals surface area contributed by atoms with Crippen molar-refractivity contribution < 1.29 is 22.3 Å². The van der Waals surface area contributed by atoms with Gasteiger partial charge in [0.2, 0.25) is 10.0 Å². The van der Waals surface area contributed by atoms with E-state index in [1.807, 2.05) is 6.07 Å². The summed E-state index contributed by atoms with van der Waals surface area (Å²) in [5, 5.41) is 8.80. The quantitative estimate of drug-likeness (QED) is 0.805. The number of rotatable bonds is 5. The van der Waals surface area contributed by atoms with Crippen LogP contribution in [0.2, 0.25) is 0 Å². The number of likely N-dealkylation sites (tertiary alicyclic amines) is 1. The highest BCUT2D eigenvalue weighted by molar-refractivity contribution is 7.89. The first kappa shape index (κ1) is 20.8. The molecule has 1 saturated heterocycles. The van der Waals surface area contributed by atoms with Crippen molar-refractivity contribution in [1.29, 1.82) is 5.26 Å².